The zero-order valence-electron chi connectivity index (χ0n) is 12.2. The molecule has 1 nitrogen and oxygen atoms in total. The molecular weight excluding hydrogens is 230 g/mol. The summed E-state index contributed by atoms with van der Waals surface area (Å²) in [6.07, 6.45) is 0. The number of anilines is 1. The summed E-state index contributed by atoms with van der Waals surface area (Å²) in [5, 5.41) is 0. The van der Waals surface area contributed by atoms with E-state index in [4.69, 9.17) is 0 Å². The normalized spacial score (nSPS) is 10.3. The molecule has 0 unspecified atom stereocenters. The van der Waals surface area contributed by atoms with Gasteiger partial charge in [0.05, 0.1) is 0 Å². The largest absolute Gasteiger partial charge is 0.378 e. The van der Waals surface area contributed by atoms with Gasteiger partial charge in [-0.1, -0.05) is 36.9 Å². The van der Waals surface area contributed by atoms with Crippen molar-refractivity contribution in [1.82, 2.24) is 0 Å². The van der Waals surface area contributed by atoms with Gasteiger partial charge in [0, 0.05) is 19.8 Å². The minimum Gasteiger partial charge on any atom is -0.378 e. The topological polar surface area (TPSA) is 3.24 Å². The molecule has 0 saturated heterocycles. The molecule has 2 aromatic rings. The first-order chi connectivity index (χ1) is 9.00. The maximum atomic E-state index is 4.26. The van der Waals surface area contributed by atoms with E-state index in [-0.39, 0.29) is 0 Å². The molecule has 0 amide bonds. The zero-order chi connectivity index (χ0) is 14.0. The minimum atomic E-state index is 1.09. The van der Waals surface area contributed by atoms with Crippen molar-refractivity contribution >= 4 is 11.3 Å². The first-order valence-electron chi connectivity index (χ1n) is 6.54. The Morgan fingerprint density at radius 2 is 1.58 bits per heavy atom. The molecule has 0 N–H and O–H groups in total. The molecule has 2 rings (SSSR count). The molecule has 0 fully saturated rings. The summed E-state index contributed by atoms with van der Waals surface area (Å²) in [4.78, 5) is 2.10. The summed E-state index contributed by atoms with van der Waals surface area (Å²) >= 11 is 0. The van der Waals surface area contributed by atoms with Crippen LogP contribution in [0.2, 0.25) is 0 Å². The average Bonchev–Trinajstić information content (AvgIpc) is 2.41. The zero-order valence-corrected chi connectivity index (χ0v) is 12.2. The number of hydrogen-bond donors (Lipinski definition) is 0. The van der Waals surface area contributed by atoms with Crippen LogP contribution in [-0.4, -0.2) is 14.1 Å². The lowest BCUT2D eigenvalue weighted by Gasteiger charge is -2.15. The van der Waals surface area contributed by atoms with E-state index in [1.165, 1.54) is 27.9 Å². The molecule has 0 radical (unpaired) electrons. The Kier molecular flexibility index (Phi) is 3.75. The number of rotatable bonds is 3. The lowest BCUT2D eigenvalue weighted by Crippen LogP contribution is -2.08. The fourth-order valence-corrected chi connectivity index (χ4v) is 2.19. The molecule has 0 aliphatic rings. The fourth-order valence-electron chi connectivity index (χ4n) is 2.19. The van der Waals surface area contributed by atoms with E-state index in [1.807, 2.05) is 0 Å². The Morgan fingerprint density at radius 1 is 0.947 bits per heavy atom. The van der Waals surface area contributed by atoms with Crippen molar-refractivity contribution in [2.24, 2.45) is 0 Å². The fraction of sp³-hybridized carbons (Fsp3) is 0.222. The van der Waals surface area contributed by atoms with Gasteiger partial charge >= 0.3 is 0 Å². The van der Waals surface area contributed by atoms with Crippen LogP contribution in [0.4, 0.5) is 5.69 Å². The quantitative estimate of drug-likeness (QED) is 0.780. The van der Waals surface area contributed by atoms with Crippen LogP contribution in [0.1, 0.15) is 22.3 Å². The maximum Gasteiger partial charge on any atom is 0.0361 e. The predicted molar refractivity (Wildman–Crippen MR) is 84.8 cm³/mol. The van der Waals surface area contributed by atoms with Gasteiger partial charge in [0.25, 0.3) is 0 Å². The molecule has 0 aliphatic heterocycles. The van der Waals surface area contributed by atoms with Gasteiger partial charge in [-0.2, -0.15) is 0 Å². The van der Waals surface area contributed by atoms with Crippen LogP contribution in [0, 0.1) is 13.8 Å². The Morgan fingerprint density at radius 3 is 2.16 bits per heavy atom. The monoisotopic (exact) mass is 251 g/mol. The third-order valence-corrected chi connectivity index (χ3v) is 3.66. The van der Waals surface area contributed by atoms with Gasteiger partial charge < -0.3 is 4.90 Å². The molecule has 0 aliphatic carbocycles. The van der Waals surface area contributed by atoms with Crippen molar-refractivity contribution < 1.29 is 0 Å². The van der Waals surface area contributed by atoms with Crippen molar-refractivity contribution in [1.29, 1.82) is 0 Å². The highest BCUT2D eigenvalue weighted by Crippen LogP contribution is 2.27. The number of aryl methyl sites for hydroxylation is 1. The van der Waals surface area contributed by atoms with E-state index in [9.17, 15) is 0 Å². The molecular formula is C18H21N. The second-order valence-electron chi connectivity index (χ2n) is 5.17. The molecule has 2 aromatic carbocycles. The Labute approximate surface area is 116 Å². The van der Waals surface area contributed by atoms with E-state index in [1.54, 1.807) is 0 Å². The van der Waals surface area contributed by atoms with Crippen molar-refractivity contribution in [3.8, 4) is 0 Å². The molecule has 0 heterocycles. The van der Waals surface area contributed by atoms with Crippen molar-refractivity contribution in [2.45, 2.75) is 13.8 Å². The summed E-state index contributed by atoms with van der Waals surface area (Å²) in [5.74, 6) is 0. The van der Waals surface area contributed by atoms with Gasteiger partial charge in [-0.25, -0.2) is 0 Å². The van der Waals surface area contributed by atoms with E-state index in [2.05, 4.69) is 81.9 Å². The van der Waals surface area contributed by atoms with Crippen molar-refractivity contribution in [3.63, 3.8) is 0 Å². The van der Waals surface area contributed by atoms with Gasteiger partial charge in [0.1, 0.15) is 0 Å². The van der Waals surface area contributed by atoms with Gasteiger partial charge in [-0.05, 0) is 53.8 Å². The summed E-state index contributed by atoms with van der Waals surface area (Å²) < 4.78 is 0. The average molecular weight is 251 g/mol. The minimum absolute atomic E-state index is 1.09. The third-order valence-electron chi connectivity index (χ3n) is 3.66. The molecule has 0 spiro atoms. The van der Waals surface area contributed by atoms with Gasteiger partial charge in [-0.3, -0.25) is 0 Å². The first-order valence-corrected chi connectivity index (χ1v) is 6.54. The second kappa shape index (κ2) is 5.31. The van der Waals surface area contributed by atoms with Crippen LogP contribution in [0.15, 0.2) is 49.0 Å². The van der Waals surface area contributed by atoms with Gasteiger partial charge in [0.15, 0.2) is 0 Å². The predicted octanol–water partition coefficient (Wildman–Crippen LogP) is 4.43. The number of hydrogen-bond acceptors (Lipinski definition) is 1. The molecule has 0 saturated carbocycles. The molecule has 0 bridgehead atoms. The highest BCUT2D eigenvalue weighted by atomic mass is 15.1. The summed E-state index contributed by atoms with van der Waals surface area (Å²) in [6.45, 7) is 8.55. The van der Waals surface area contributed by atoms with Crippen LogP contribution in [0.25, 0.3) is 5.57 Å². The number of benzene rings is 2. The van der Waals surface area contributed by atoms with Crippen molar-refractivity contribution in [3.05, 3.63) is 71.3 Å². The summed E-state index contributed by atoms with van der Waals surface area (Å²) in [5.41, 5.74) is 7.33. The van der Waals surface area contributed by atoms with Crippen molar-refractivity contribution in [2.75, 3.05) is 19.0 Å². The van der Waals surface area contributed by atoms with Crippen LogP contribution in [-0.2, 0) is 0 Å². The summed E-state index contributed by atoms with van der Waals surface area (Å²) in [6, 6.07) is 14.9. The van der Waals surface area contributed by atoms with E-state index >= 15 is 0 Å². The van der Waals surface area contributed by atoms with Gasteiger partial charge in [-0.15, -0.1) is 0 Å². The summed E-state index contributed by atoms with van der Waals surface area (Å²) in [7, 11) is 4.10. The SMILES string of the molecule is C=C(c1ccc(N(C)C)cc1)c1cccc(C)c1C. The Bertz CT molecular complexity index is 592. The highest BCUT2D eigenvalue weighted by molar-refractivity contribution is 5.80. The van der Waals surface area contributed by atoms with Crippen LogP contribution in [0.5, 0.6) is 0 Å². The number of nitrogens with zero attached hydrogens (tertiary/aromatic N) is 1. The molecule has 1 heteroatoms. The maximum absolute atomic E-state index is 4.26. The lowest BCUT2D eigenvalue weighted by molar-refractivity contribution is 1.13. The molecule has 0 atom stereocenters. The van der Waals surface area contributed by atoms with E-state index < -0.39 is 0 Å². The Hall–Kier alpha value is -2.02. The molecule has 0 aromatic heterocycles. The third kappa shape index (κ3) is 2.70. The highest BCUT2D eigenvalue weighted by Gasteiger charge is 2.07. The lowest BCUT2D eigenvalue weighted by atomic mass is 9.93. The van der Waals surface area contributed by atoms with Gasteiger partial charge in [0.2, 0.25) is 0 Å². The first kappa shape index (κ1) is 13.4. The van der Waals surface area contributed by atoms with E-state index in [0.717, 1.165) is 5.57 Å². The van der Waals surface area contributed by atoms with Crippen LogP contribution >= 0.6 is 0 Å². The molecule has 98 valence electrons. The van der Waals surface area contributed by atoms with Crippen LogP contribution < -0.4 is 4.90 Å². The van der Waals surface area contributed by atoms with E-state index in [0.29, 0.717) is 0 Å². The van der Waals surface area contributed by atoms with Crippen LogP contribution in [0.3, 0.4) is 0 Å². The Balaban J connectivity index is 2.36. The second-order valence-corrected chi connectivity index (χ2v) is 5.17. The smallest absolute Gasteiger partial charge is 0.0361 e. The standard InChI is InChI=1S/C18H21N/c1-13-7-6-8-18(14(13)2)15(3)16-9-11-17(12-10-16)19(4)5/h6-12H,3H2,1-2,4-5H3. The molecule has 19 heavy (non-hydrogen) atoms.